The Labute approximate surface area is 110 Å². The van der Waals surface area contributed by atoms with Gasteiger partial charge in [0.2, 0.25) is 5.95 Å². The van der Waals surface area contributed by atoms with Crippen molar-refractivity contribution in [2.24, 2.45) is 5.92 Å². The molecule has 0 aliphatic carbocycles. The summed E-state index contributed by atoms with van der Waals surface area (Å²) < 4.78 is 0.716. The van der Waals surface area contributed by atoms with Gasteiger partial charge in [0, 0.05) is 19.2 Å². The highest BCUT2D eigenvalue weighted by Gasteiger charge is 2.17. The second-order valence-corrected chi connectivity index (χ2v) is 5.40. The molecule has 1 unspecified atom stereocenters. The van der Waals surface area contributed by atoms with Gasteiger partial charge in [-0.05, 0) is 48.3 Å². The Bertz CT molecular complexity index is 364. The van der Waals surface area contributed by atoms with Crippen LogP contribution in [0.15, 0.2) is 10.7 Å². The molecule has 17 heavy (non-hydrogen) atoms. The van der Waals surface area contributed by atoms with Crippen LogP contribution in [0.25, 0.3) is 0 Å². The van der Waals surface area contributed by atoms with Gasteiger partial charge >= 0.3 is 0 Å². The average Bonchev–Trinajstić information content (AvgIpc) is 2.25. The van der Waals surface area contributed by atoms with Crippen molar-refractivity contribution in [2.75, 3.05) is 37.7 Å². The minimum atomic E-state index is 0.482. The number of anilines is 2. The second-order valence-electron chi connectivity index (χ2n) is 4.59. The maximum atomic E-state index is 5.66. The molecule has 2 heterocycles. The lowest BCUT2D eigenvalue weighted by atomic mass is 9.99. The molecule has 0 bridgehead atoms. The Morgan fingerprint density at radius 1 is 1.59 bits per heavy atom. The summed E-state index contributed by atoms with van der Waals surface area (Å²) in [5.41, 5.74) is 5.66. The zero-order valence-corrected chi connectivity index (χ0v) is 11.6. The lowest BCUT2D eigenvalue weighted by Gasteiger charge is -2.29. The zero-order chi connectivity index (χ0) is 12.3. The Morgan fingerprint density at radius 3 is 3.12 bits per heavy atom. The van der Waals surface area contributed by atoms with Crippen LogP contribution in [-0.4, -0.2) is 41.5 Å². The van der Waals surface area contributed by atoms with Crippen molar-refractivity contribution < 1.29 is 0 Å². The van der Waals surface area contributed by atoms with E-state index in [2.05, 4.69) is 43.2 Å². The van der Waals surface area contributed by atoms with Crippen LogP contribution in [0.3, 0.4) is 0 Å². The van der Waals surface area contributed by atoms with E-state index in [9.17, 15) is 0 Å². The summed E-state index contributed by atoms with van der Waals surface area (Å²) in [7, 11) is 2.17. The van der Waals surface area contributed by atoms with Gasteiger partial charge < -0.3 is 16.0 Å². The lowest BCUT2D eigenvalue weighted by molar-refractivity contribution is 0.217. The van der Waals surface area contributed by atoms with Crippen molar-refractivity contribution in [2.45, 2.75) is 12.8 Å². The third-order valence-corrected chi connectivity index (χ3v) is 3.39. The van der Waals surface area contributed by atoms with E-state index in [-0.39, 0.29) is 0 Å². The van der Waals surface area contributed by atoms with Crippen LogP contribution in [0, 0.1) is 5.92 Å². The van der Waals surface area contributed by atoms with Crippen LogP contribution >= 0.6 is 15.9 Å². The van der Waals surface area contributed by atoms with Gasteiger partial charge in [0.15, 0.2) is 0 Å². The van der Waals surface area contributed by atoms with Crippen molar-refractivity contribution in [3.05, 3.63) is 10.7 Å². The number of nitrogen functional groups attached to an aromatic ring is 1. The minimum Gasteiger partial charge on any atom is -0.383 e. The number of likely N-dealkylation sites (tertiary alicyclic amines) is 1. The molecule has 1 fully saturated rings. The number of halogens is 1. The molecule has 6 heteroatoms. The van der Waals surface area contributed by atoms with E-state index in [1.54, 1.807) is 6.07 Å². The first-order valence-electron chi connectivity index (χ1n) is 5.86. The molecule has 1 aliphatic heterocycles. The number of hydrogen-bond donors (Lipinski definition) is 2. The van der Waals surface area contributed by atoms with Crippen LogP contribution in [0.5, 0.6) is 0 Å². The van der Waals surface area contributed by atoms with E-state index in [1.807, 2.05) is 0 Å². The fourth-order valence-corrected chi connectivity index (χ4v) is 2.59. The van der Waals surface area contributed by atoms with Crippen LogP contribution in [-0.2, 0) is 0 Å². The summed E-state index contributed by atoms with van der Waals surface area (Å²) in [6, 6.07) is 1.69. The zero-order valence-electron chi connectivity index (χ0n) is 9.99. The van der Waals surface area contributed by atoms with E-state index in [1.165, 1.54) is 19.4 Å². The minimum absolute atomic E-state index is 0.482. The highest BCUT2D eigenvalue weighted by Crippen LogP contribution is 2.16. The van der Waals surface area contributed by atoms with Gasteiger partial charge in [-0.2, -0.15) is 4.98 Å². The topological polar surface area (TPSA) is 67.1 Å². The van der Waals surface area contributed by atoms with E-state index < -0.39 is 0 Å². The van der Waals surface area contributed by atoms with Gasteiger partial charge in [0.25, 0.3) is 0 Å². The van der Waals surface area contributed by atoms with Gasteiger partial charge in [0.05, 0.1) is 0 Å². The first kappa shape index (κ1) is 12.6. The van der Waals surface area contributed by atoms with Gasteiger partial charge in [-0.25, -0.2) is 4.98 Å². The summed E-state index contributed by atoms with van der Waals surface area (Å²) in [5.74, 6) is 1.75. The molecule has 94 valence electrons. The monoisotopic (exact) mass is 299 g/mol. The number of nitrogens with two attached hydrogens (primary N) is 1. The third kappa shape index (κ3) is 3.81. The molecule has 1 atom stereocenters. The molecule has 3 N–H and O–H groups in total. The Kier molecular flexibility index (Phi) is 4.17. The molecular weight excluding hydrogens is 282 g/mol. The standard InChI is InChI=1S/C11H18BrN5/c1-17-4-2-3-8(7-17)6-14-11-15-9(12)5-10(13)16-11/h5,8H,2-4,6-7H2,1H3,(H3,13,14,15,16). The Hall–Kier alpha value is -0.880. The average molecular weight is 300 g/mol. The summed E-state index contributed by atoms with van der Waals surface area (Å²) in [5, 5.41) is 3.26. The predicted molar refractivity (Wildman–Crippen MR) is 72.9 cm³/mol. The Balaban J connectivity index is 1.88. The maximum absolute atomic E-state index is 5.66. The highest BCUT2D eigenvalue weighted by molar-refractivity contribution is 9.10. The van der Waals surface area contributed by atoms with Gasteiger partial charge in [-0.1, -0.05) is 0 Å². The molecule has 1 saturated heterocycles. The second kappa shape index (κ2) is 5.64. The summed E-state index contributed by atoms with van der Waals surface area (Å²) in [4.78, 5) is 10.8. The SMILES string of the molecule is CN1CCCC(CNc2nc(N)cc(Br)n2)C1. The van der Waals surface area contributed by atoms with Crippen LogP contribution in [0.4, 0.5) is 11.8 Å². The molecule has 0 saturated carbocycles. The fraction of sp³-hybridized carbons (Fsp3) is 0.636. The normalized spacial score (nSPS) is 21.4. The summed E-state index contributed by atoms with van der Waals surface area (Å²) in [6.45, 7) is 3.24. The molecule has 0 spiro atoms. The van der Waals surface area contributed by atoms with Crippen molar-refractivity contribution in [3.8, 4) is 0 Å². The van der Waals surface area contributed by atoms with Gasteiger partial charge in [0.1, 0.15) is 10.4 Å². The number of nitrogens with zero attached hydrogens (tertiary/aromatic N) is 3. The molecule has 1 aliphatic rings. The van der Waals surface area contributed by atoms with Crippen molar-refractivity contribution in [3.63, 3.8) is 0 Å². The number of nitrogens with one attached hydrogen (secondary N) is 1. The van der Waals surface area contributed by atoms with Gasteiger partial charge in [-0.3, -0.25) is 0 Å². The fourth-order valence-electron chi connectivity index (χ4n) is 2.19. The molecule has 5 nitrogen and oxygen atoms in total. The molecular formula is C11H18BrN5. The quantitative estimate of drug-likeness (QED) is 0.830. The van der Waals surface area contributed by atoms with Crippen molar-refractivity contribution in [1.29, 1.82) is 0 Å². The summed E-state index contributed by atoms with van der Waals surface area (Å²) in [6.07, 6.45) is 2.53. The summed E-state index contributed by atoms with van der Waals surface area (Å²) >= 11 is 3.31. The molecule has 1 aromatic rings. The van der Waals surface area contributed by atoms with Crippen LogP contribution in [0.1, 0.15) is 12.8 Å². The van der Waals surface area contributed by atoms with Gasteiger partial charge in [-0.15, -0.1) is 0 Å². The van der Waals surface area contributed by atoms with Crippen LogP contribution in [0.2, 0.25) is 0 Å². The molecule has 0 aromatic carbocycles. The van der Waals surface area contributed by atoms with E-state index >= 15 is 0 Å². The molecule has 1 aromatic heterocycles. The van der Waals surface area contributed by atoms with E-state index in [0.717, 1.165) is 13.1 Å². The molecule has 0 amide bonds. The van der Waals surface area contributed by atoms with E-state index in [0.29, 0.717) is 22.3 Å². The number of piperidine rings is 1. The number of rotatable bonds is 3. The van der Waals surface area contributed by atoms with E-state index in [4.69, 9.17) is 5.73 Å². The molecule has 0 radical (unpaired) electrons. The first-order valence-corrected chi connectivity index (χ1v) is 6.65. The number of hydrogen-bond acceptors (Lipinski definition) is 5. The lowest BCUT2D eigenvalue weighted by Crippen LogP contribution is -2.35. The molecule has 2 rings (SSSR count). The largest absolute Gasteiger partial charge is 0.383 e. The van der Waals surface area contributed by atoms with Crippen molar-refractivity contribution in [1.82, 2.24) is 14.9 Å². The first-order chi connectivity index (χ1) is 8.13. The smallest absolute Gasteiger partial charge is 0.225 e. The third-order valence-electron chi connectivity index (χ3n) is 2.99. The Morgan fingerprint density at radius 2 is 2.41 bits per heavy atom. The maximum Gasteiger partial charge on any atom is 0.225 e. The van der Waals surface area contributed by atoms with Crippen molar-refractivity contribution >= 4 is 27.7 Å². The van der Waals surface area contributed by atoms with Crippen LogP contribution < -0.4 is 11.1 Å². The number of aromatic nitrogens is 2. The predicted octanol–water partition coefficient (Wildman–Crippen LogP) is 1.57. The highest BCUT2D eigenvalue weighted by atomic mass is 79.9.